The first-order chi connectivity index (χ1) is 9.50. The topological polar surface area (TPSA) is 57.6 Å². The number of amides is 1. The molecule has 0 aromatic heterocycles. The first-order valence-electron chi connectivity index (χ1n) is 6.17. The van der Waals surface area contributed by atoms with Crippen LogP contribution in [0.15, 0.2) is 48.5 Å². The number of anilines is 1. The average molecular weight is 269 g/mol. The summed E-state index contributed by atoms with van der Waals surface area (Å²) < 4.78 is 0. The highest BCUT2D eigenvalue weighted by Gasteiger charge is 2.16. The van der Waals surface area contributed by atoms with Gasteiger partial charge in [0.05, 0.1) is 5.56 Å². The highest BCUT2D eigenvalue weighted by atomic mass is 16.4. The van der Waals surface area contributed by atoms with E-state index in [9.17, 15) is 9.59 Å². The smallest absolute Gasteiger partial charge is 0.335 e. The van der Waals surface area contributed by atoms with Crippen molar-refractivity contribution in [1.82, 2.24) is 0 Å². The van der Waals surface area contributed by atoms with Gasteiger partial charge in [-0.2, -0.15) is 0 Å². The Kier molecular flexibility index (Phi) is 3.84. The van der Waals surface area contributed by atoms with Crippen LogP contribution in [0.4, 0.5) is 5.69 Å². The summed E-state index contributed by atoms with van der Waals surface area (Å²) >= 11 is 0. The summed E-state index contributed by atoms with van der Waals surface area (Å²) in [5.41, 5.74) is 2.25. The Bertz CT molecular complexity index is 664. The molecule has 102 valence electrons. The molecule has 2 rings (SSSR count). The van der Waals surface area contributed by atoms with E-state index in [1.807, 2.05) is 31.2 Å². The lowest BCUT2D eigenvalue weighted by atomic mass is 10.1. The SMILES string of the molecule is Cc1ccccc1N(C)C(=O)c1cccc(C(=O)O)c1. The van der Waals surface area contributed by atoms with Gasteiger partial charge in [0.1, 0.15) is 0 Å². The van der Waals surface area contributed by atoms with Crippen molar-refractivity contribution in [1.29, 1.82) is 0 Å². The Morgan fingerprint density at radius 3 is 2.30 bits per heavy atom. The maximum absolute atomic E-state index is 12.4. The molecular weight excluding hydrogens is 254 g/mol. The molecule has 0 spiro atoms. The van der Waals surface area contributed by atoms with Crippen LogP contribution in [0.3, 0.4) is 0 Å². The minimum atomic E-state index is -1.04. The molecule has 0 aliphatic rings. The van der Waals surface area contributed by atoms with E-state index in [1.54, 1.807) is 19.2 Å². The summed E-state index contributed by atoms with van der Waals surface area (Å²) in [6.07, 6.45) is 0. The van der Waals surface area contributed by atoms with E-state index >= 15 is 0 Å². The Balaban J connectivity index is 2.34. The summed E-state index contributed by atoms with van der Waals surface area (Å²) in [6, 6.07) is 13.6. The Labute approximate surface area is 117 Å². The van der Waals surface area contributed by atoms with Crippen LogP contribution in [-0.2, 0) is 0 Å². The molecule has 4 nitrogen and oxygen atoms in total. The van der Waals surface area contributed by atoms with Crippen LogP contribution in [-0.4, -0.2) is 24.0 Å². The molecule has 0 fully saturated rings. The van der Waals surface area contributed by atoms with Gasteiger partial charge in [0.2, 0.25) is 0 Å². The molecule has 1 N–H and O–H groups in total. The lowest BCUT2D eigenvalue weighted by Crippen LogP contribution is -2.27. The van der Waals surface area contributed by atoms with Crippen LogP contribution in [0.25, 0.3) is 0 Å². The second-order valence-electron chi connectivity index (χ2n) is 4.54. The van der Waals surface area contributed by atoms with Gasteiger partial charge in [-0.05, 0) is 36.8 Å². The van der Waals surface area contributed by atoms with Gasteiger partial charge in [-0.3, -0.25) is 4.79 Å². The molecule has 4 heteroatoms. The predicted molar refractivity (Wildman–Crippen MR) is 77.3 cm³/mol. The van der Waals surface area contributed by atoms with Crippen LogP contribution < -0.4 is 4.90 Å². The number of carbonyl (C=O) groups is 2. The number of carboxylic acids is 1. The Morgan fingerprint density at radius 1 is 1.00 bits per heavy atom. The zero-order valence-electron chi connectivity index (χ0n) is 11.3. The van der Waals surface area contributed by atoms with E-state index in [1.165, 1.54) is 17.0 Å². The number of carbonyl (C=O) groups excluding carboxylic acids is 1. The van der Waals surface area contributed by atoms with Crippen LogP contribution in [0.5, 0.6) is 0 Å². The average Bonchev–Trinajstić information content (AvgIpc) is 2.46. The largest absolute Gasteiger partial charge is 0.478 e. The van der Waals surface area contributed by atoms with Crippen LogP contribution in [0.2, 0.25) is 0 Å². The number of carboxylic acid groups (broad SMARTS) is 1. The van der Waals surface area contributed by atoms with Gasteiger partial charge in [-0.15, -0.1) is 0 Å². The van der Waals surface area contributed by atoms with Crippen molar-refractivity contribution in [2.45, 2.75) is 6.92 Å². The van der Waals surface area contributed by atoms with Crippen LogP contribution in [0, 0.1) is 6.92 Å². The summed E-state index contributed by atoms with van der Waals surface area (Å²) in [7, 11) is 1.68. The van der Waals surface area contributed by atoms with Crippen molar-refractivity contribution in [2.75, 3.05) is 11.9 Å². The van der Waals surface area contributed by atoms with Crippen molar-refractivity contribution in [3.8, 4) is 0 Å². The number of benzene rings is 2. The quantitative estimate of drug-likeness (QED) is 0.932. The first kappa shape index (κ1) is 13.8. The summed E-state index contributed by atoms with van der Waals surface area (Å²) in [4.78, 5) is 24.9. The molecule has 1 amide bonds. The molecule has 0 saturated heterocycles. The van der Waals surface area contributed by atoms with Gasteiger partial charge >= 0.3 is 5.97 Å². The summed E-state index contributed by atoms with van der Waals surface area (Å²) in [6.45, 7) is 1.92. The van der Waals surface area contributed by atoms with Crippen molar-refractivity contribution in [3.63, 3.8) is 0 Å². The van der Waals surface area contributed by atoms with E-state index in [2.05, 4.69) is 0 Å². The van der Waals surface area contributed by atoms with Gasteiger partial charge in [-0.1, -0.05) is 24.3 Å². The molecule has 2 aromatic carbocycles. The van der Waals surface area contributed by atoms with Gasteiger partial charge < -0.3 is 10.0 Å². The zero-order chi connectivity index (χ0) is 14.7. The van der Waals surface area contributed by atoms with Crippen molar-refractivity contribution >= 4 is 17.6 Å². The van der Waals surface area contributed by atoms with Gasteiger partial charge in [0, 0.05) is 18.3 Å². The van der Waals surface area contributed by atoms with E-state index in [0.29, 0.717) is 5.56 Å². The number of para-hydroxylation sites is 1. The summed E-state index contributed by atoms with van der Waals surface area (Å²) in [5, 5.41) is 8.97. The fourth-order valence-corrected chi connectivity index (χ4v) is 2.03. The normalized spacial score (nSPS) is 10.1. The third-order valence-corrected chi connectivity index (χ3v) is 3.14. The molecule has 0 saturated carbocycles. The fraction of sp³-hybridized carbons (Fsp3) is 0.125. The van der Waals surface area contributed by atoms with E-state index in [0.717, 1.165) is 11.3 Å². The maximum Gasteiger partial charge on any atom is 0.335 e. The molecule has 0 bridgehead atoms. The molecule has 0 aliphatic carbocycles. The Morgan fingerprint density at radius 2 is 1.65 bits per heavy atom. The fourth-order valence-electron chi connectivity index (χ4n) is 2.03. The number of hydrogen-bond acceptors (Lipinski definition) is 2. The lowest BCUT2D eigenvalue weighted by molar-refractivity contribution is 0.0697. The molecule has 0 radical (unpaired) electrons. The van der Waals surface area contributed by atoms with E-state index in [4.69, 9.17) is 5.11 Å². The Hall–Kier alpha value is -2.62. The van der Waals surface area contributed by atoms with E-state index in [-0.39, 0.29) is 11.5 Å². The van der Waals surface area contributed by atoms with Crippen LogP contribution >= 0.6 is 0 Å². The van der Waals surface area contributed by atoms with Gasteiger partial charge in [0.15, 0.2) is 0 Å². The second kappa shape index (κ2) is 5.57. The minimum absolute atomic E-state index is 0.106. The maximum atomic E-state index is 12.4. The predicted octanol–water partition coefficient (Wildman–Crippen LogP) is 2.97. The highest BCUT2D eigenvalue weighted by Crippen LogP contribution is 2.20. The second-order valence-corrected chi connectivity index (χ2v) is 4.54. The van der Waals surface area contributed by atoms with Gasteiger partial charge in [-0.25, -0.2) is 4.79 Å². The number of aromatic carboxylic acids is 1. The molecule has 0 atom stereocenters. The summed E-state index contributed by atoms with van der Waals surface area (Å²) in [5.74, 6) is -1.28. The number of aryl methyl sites for hydroxylation is 1. The third kappa shape index (κ3) is 2.69. The number of nitrogens with zero attached hydrogens (tertiary/aromatic N) is 1. The van der Waals surface area contributed by atoms with Crippen molar-refractivity contribution < 1.29 is 14.7 Å². The first-order valence-corrected chi connectivity index (χ1v) is 6.17. The zero-order valence-corrected chi connectivity index (χ0v) is 11.3. The van der Waals surface area contributed by atoms with Crippen LogP contribution in [0.1, 0.15) is 26.3 Å². The molecule has 0 unspecified atom stereocenters. The third-order valence-electron chi connectivity index (χ3n) is 3.14. The minimum Gasteiger partial charge on any atom is -0.478 e. The van der Waals surface area contributed by atoms with Crippen molar-refractivity contribution in [2.24, 2.45) is 0 Å². The lowest BCUT2D eigenvalue weighted by Gasteiger charge is -2.19. The molecule has 2 aromatic rings. The van der Waals surface area contributed by atoms with Crippen molar-refractivity contribution in [3.05, 3.63) is 65.2 Å². The molecule has 0 aliphatic heterocycles. The highest BCUT2D eigenvalue weighted by molar-refractivity contribution is 6.07. The van der Waals surface area contributed by atoms with Gasteiger partial charge in [0.25, 0.3) is 5.91 Å². The molecule has 0 heterocycles. The monoisotopic (exact) mass is 269 g/mol. The number of rotatable bonds is 3. The number of hydrogen-bond donors (Lipinski definition) is 1. The standard InChI is InChI=1S/C16H15NO3/c1-11-6-3-4-9-14(11)17(2)15(18)12-7-5-8-13(10-12)16(19)20/h3-10H,1-2H3,(H,19,20). The van der Waals surface area contributed by atoms with E-state index < -0.39 is 5.97 Å². The molecular formula is C16H15NO3. The molecule has 20 heavy (non-hydrogen) atoms.